The molecule has 0 saturated carbocycles. The zero-order valence-electron chi connectivity index (χ0n) is 16.9. The Hall–Kier alpha value is -2.63. The SMILES string of the molecule is CCCCN(c1ccccc1)S(=O)(=O)c1cc(OCC(F)(F)F)ccc1OCC(F)(F)F. The highest BCUT2D eigenvalue weighted by Gasteiger charge is 2.33. The van der Waals surface area contributed by atoms with Crippen molar-refractivity contribution in [3.63, 3.8) is 0 Å². The second kappa shape index (κ2) is 10.3. The number of alkyl halides is 6. The van der Waals surface area contributed by atoms with Gasteiger partial charge in [-0.15, -0.1) is 0 Å². The average Bonchev–Trinajstić information content (AvgIpc) is 2.71. The van der Waals surface area contributed by atoms with Crippen LogP contribution in [0.5, 0.6) is 11.5 Å². The summed E-state index contributed by atoms with van der Waals surface area (Å²) in [6.07, 6.45) is -8.41. The first-order chi connectivity index (χ1) is 14.8. The minimum Gasteiger partial charge on any atom is -0.484 e. The molecule has 0 atom stereocenters. The zero-order valence-corrected chi connectivity index (χ0v) is 17.7. The van der Waals surface area contributed by atoms with E-state index in [-0.39, 0.29) is 12.2 Å². The third-order valence-corrected chi connectivity index (χ3v) is 5.88. The van der Waals surface area contributed by atoms with Crippen LogP contribution in [-0.2, 0) is 10.0 Å². The van der Waals surface area contributed by atoms with Gasteiger partial charge in [-0.2, -0.15) is 26.3 Å². The van der Waals surface area contributed by atoms with Crippen LogP contribution in [0.4, 0.5) is 32.0 Å². The molecule has 0 amide bonds. The molecule has 0 aliphatic heterocycles. The molecule has 0 bridgehead atoms. The molecule has 0 radical (unpaired) electrons. The molecule has 0 fully saturated rings. The maximum Gasteiger partial charge on any atom is 0.422 e. The van der Waals surface area contributed by atoms with Crippen molar-refractivity contribution in [1.82, 2.24) is 0 Å². The quantitative estimate of drug-likeness (QED) is 0.414. The van der Waals surface area contributed by atoms with Gasteiger partial charge < -0.3 is 9.47 Å². The molecule has 0 aliphatic carbocycles. The summed E-state index contributed by atoms with van der Waals surface area (Å²) in [6, 6.07) is 10.3. The standard InChI is InChI=1S/C20H21F6NO4S/c1-2-3-11-27(15-7-5-4-6-8-15)32(28,29)18-12-16(30-13-19(21,22)23)9-10-17(18)31-14-20(24,25)26/h4-10,12H,2-3,11,13-14H2,1H3. The highest BCUT2D eigenvalue weighted by atomic mass is 32.2. The van der Waals surface area contributed by atoms with Gasteiger partial charge in [0, 0.05) is 12.6 Å². The van der Waals surface area contributed by atoms with Gasteiger partial charge >= 0.3 is 12.4 Å². The van der Waals surface area contributed by atoms with E-state index in [0.29, 0.717) is 12.8 Å². The van der Waals surface area contributed by atoms with Gasteiger partial charge in [-0.05, 0) is 30.7 Å². The summed E-state index contributed by atoms with van der Waals surface area (Å²) in [5.41, 5.74) is 0.240. The number of rotatable bonds is 10. The van der Waals surface area contributed by atoms with Gasteiger partial charge in [0.05, 0.1) is 5.69 Å². The second-order valence-corrected chi connectivity index (χ2v) is 8.51. The fourth-order valence-corrected chi connectivity index (χ4v) is 4.28. The molecule has 0 aliphatic rings. The van der Waals surface area contributed by atoms with E-state index in [0.717, 1.165) is 22.5 Å². The molecule has 0 heterocycles. The molecule has 2 aromatic carbocycles. The van der Waals surface area contributed by atoms with Crippen molar-refractivity contribution >= 4 is 15.7 Å². The molecule has 0 saturated heterocycles. The van der Waals surface area contributed by atoms with E-state index in [4.69, 9.17) is 0 Å². The lowest BCUT2D eigenvalue weighted by Gasteiger charge is -2.26. The van der Waals surface area contributed by atoms with E-state index in [2.05, 4.69) is 9.47 Å². The van der Waals surface area contributed by atoms with Crippen LogP contribution in [0.15, 0.2) is 53.4 Å². The maximum absolute atomic E-state index is 13.4. The van der Waals surface area contributed by atoms with Crippen LogP contribution in [0.3, 0.4) is 0 Å². The number of unbranched alkanes of at least 4 members (excludes halogenated alkanes) is 1. The third kappa shape index (κ3) is 7.50. The predicted octanol–water partition coefficient (Wildman–Crippen LogP) is 5.56. The molecule has 0 spiro atoms. The number of hydrogen-bond acceptors (Lipinski definition) is 4. The summed E-state index contributed by atoms with van der Waals surface area (Å²) < 4.78 is 113. The van der Waals surface area contributed by atoms with Gasteiger partial charge in [-0.25, -0.2) is 8.42 Å². The molecule has 5 nitrogen and oxygen atoms in total. The highest BCUT2D eigenvalue weighted by molar-refractivity contribution is 7.93. The Kier molecular flexibility index (Phi) is 8.27. The van der Waals surface area contributed by atoms with Crippen LogP contribution in [-0.4, -0.2) is 40.5 Å². The van der Waals surface area contributed by atoms with E-state index in [1.807, 2.05) is 6.92 Å². The lowest BCUT2D eigenvalue weighted by molar-refractivity contribution is -0.154. The minimum atomic E-state index is -4.76. The fraction of sp³-hybridized carbons (Fsp3) is 0.400. The third-order valence-electron chi connectivity index (χ3n) is 4.04. The second-order valence-electron chi connectivity index (χ2n) is 6.68. The molecule has 0 aromatic heterocycles. The van der Waals surface area contributed by atoms with Crippen molar-refractivity contribution in [2.75, 3.05) is 24.1 Å². The van der Waals surface area contributed by atoms with E-state index >= 15 is 0 Å². The minimum absolute atomic E-state index is 0.00477. The van der Waals surface area contributed by atoms with Crippen molar-refractivity contribution in [1.29, 1.82) is 0 Å². The van der Waals surface area contributed by atoms with Crippen LogP contribution in [0, 0.1) is 0 Å². The van der Waals surface area contributed by atoms with E-state index in [1.165, 1.54) is 12.1 Å². The maximum atomic E-state index is 13.4. The van der Waals surface area contributed by atoms with Crippen LogP contribution in [0.2, 0.25) is 0 Å². The van der Waals surface area contributed by atoms with E-state index < -0.39 is 52.0 Å². The first-order valence-electron chi connectivity index (χ1n) is 9.44. The molecule has 32 heavy (non-hydrogen) atoms. The predicted molar refractivity (Wildman–Crippen MR) is 105 cm³/mol. The highest BCUT2D eigenvalue weighted by Crippen LogP contribution is 2.34. The van der Waals surface area contributed by atoms with Crippen molar-refractivity contribution in [3.8, 4) is 11.5 Å². The Labute approximate surface area is 181 Å². The van der Waals surface area contributed by atoms with Crippen molar-refractivity contribution in [2.24, 2.45) is 0 Å². The summed E-state index contributed by atoms with van der Waals surface area (Å²) in [5.74, 6) is -1.14. The molecule has 0 unspecified atom stereocenters. The number of hydrogen-bond donors (Lipinski definition) is 0. The Balaban J connectivity index is 2.53. The summed E-state index contributed by atoms with van der Waals surface area (Å²) in [6.45, 7) is -1.67. The number of para-hydroxylation sites is 1. The van der Waals surface area contributed by atoms with Crippen molar-refractivity contribution in [2.45, 2.75) is 37.0 Å². The molecule has 0 N–H and O–H groups in total. The lowest BCUT2D eigenvalue weighted by atomic mass is 10.3. The molecule has 12 heteroatoms. The largest absolute Gasteiger partial charge is 0.484 e. The summed E-state index contributed by atoms with van der Waals surface area (Å²) in [4.78, 5) is -0.735. The normalized spacial score (nSPS) is 12.5. The molecule has 178 valence electrons. The first-order valence-corrected chi connectivity index (χ1v) is 10.9. The van der Waals surface area contributed by atoms with Gasteiger partial charge in [-0.1, -0.05) is 31.5 Å². The number of nitrogens with zero attached hydrogens (tertiary/aromatic N) is 1. The number of halogens is 6. The van der Waals surface area contributed by atoms with Gasteiger partial charge in [0.2, 0.25) is 0 Å². The van der Waals surface area contributed by atoms with Crippen LogP contribution >= 0.6 is 0 Å². The molecular formula is C20H21F6NO4S. The van der Waals surface area contributed by atoms with Crippen molar-refractivity contribution in [3.05, 3.63) is 48.5 Å². The molecular weight excluding hydrogens is 464 g/mol. The number of anilines is 1. The number of sulfonamides is 1. The number of benzene rings is 2. The Morgan fingerprint density at radius 3 is 2.03 bits per heavy atom. The van der Waals surface area contributed by atoms with Crippen LogP contribution < -0.4 is 13.8 Å². The Bertz CT molecular complexity index is 978. The summed E-state index contributed by atoms with van der Waals surface area (Å²) in [7, 11) is -4.52. The molecule has 2 aromatic rings. The smallest absolute Gasteiger partial charge is 0.422 e. The fourth-order valence-electron chi connectivity index (χ4n) is 2.63. The van der Waals surface area contributed by atoms with Gasteiger partial charge in [0.15, 0.2) is 13.2 Å². The number of ether oxygens (including phenoxy) is 2. The van der Waals surface area contributed by atoms with Crippen LogP contribution in [0.1, 0.15) is 19.8 Å². The van der Waals surface area contributed by atoms with Gasteiger partial charge in [0.25, 0.3) is 10.0 Å². The Morgan fingerprint density at radius 2 is 1.47 bits per heavy atom. The van der Waals surface area contributed by atoms with E-state index in [1.54, 1.807) is 18.2 Å². The average molecular weight is 485 g/mol. The summed E-state index contributed by atoms with van der Waals surface area (Å²) >= 11 is 0. The summed E-state index contributed by atoms with van der Waals surface area (Å²) in [5, 5.41) is 0. The van der Waals surface area contributed by atoms with Gasteiger partial charge in [0.1, 0.15) is 16.4 Å². The molecule has 2 rings (SSSR count). The van der Waals surface area contributed by atoms with Crippen LogP contribution in [0.25, 0.3) is 0 Å². The van der Waals surface area contributed by atoms with Crippen molar-refractivity contribution < 1.29 is 44.2 Å². The monoisotopic (exact) mass is 485 g/mol. The zero-order chi connectivity index (χ0) is 24.0. The Morgan fingerprint density at radius 1 is 0.875 bits per heavy atom. The first kappa shape index (κ1) is 25.6. The van der Waals surface area contributed by atoms with E-state index in [9.17, 15) is 34.8 Å². The topological polar surface area (TPSA) is 55.8 Å². The van der Waals surface area contributed by atoms with Gasteiger partial charge in [-0.3, -0.25) is 4.31 Å². The lowest BCUT2D eigenvalue weighted by Crippen LogP contribution is -2.32.